The summed E-state index contributed by atoms with van der Waals surface area (Å²) < 4.78 is 26.8. The summed E-state index contributed by atoms with van der Waals surface area (Å²) in [7, 11) is 0. The van der Waals surface area contributed by atoms with Gasteiger partial charge in [0.05, 0.1) is 36.3 Å². The third kappa shape index (κ3) is 42.6. The van der Waals surface area contributed by atoms with E-state index in [-0.39, 0.29) is 76.7 Å². The molecule has 0 aromatic rings. The number of carbonyl (C=O) groups excluding carboxylic acids is 15. The molecule has 0 aromatic carbocycles. The van der Waals surface area contributed by atoms with Gasteiger partial charge in [0.1, 0.15) is 58.0 Å². The molecule has 12 atom stereocenters. The summed E-state index contributed by atoms with van der Waals surface area (Å²) >= 11 is 0. The van der Waals surface area contributed by atoms with Gasteiger partial charge in [0.15, 0.2) is 11.6 Å². The van der Waals surface area contributed by atoms with Gasteiger partial charge in [0.25, 0.3) is 0 Å². The Morgan fingerprint density at radius 2 is 0.822 bits per heavy atom. The van der Waals surface area contributed by atoms with Gasteiger partial charge in [-0.3, -0.25) is 47.9 Å². The Bertz CT molecular complexity index is 3000. The summed E-state index contributed by atoms with van der Waals surface area (Å²) in [5, 5.41) is 53.1. The molecule has 1 rings (SSSR count). The van der Waals surface area contributed by atoms with Crippen LogP contribution in [0.3, 0.4) is 0 Å². The van der Waals surface area contributed by atoms with Crippen LogP contribution < -0.4 is 69.5 Å². The quantitative estimate of drug-likeness (QED) is 0.0479. The molecule has 612 valence electrons. The highest BCUT2D eigenvalue weighted by molar-refractivity contribution is 5.99. The summed E-state index contributed by atoms with van der Waals surface area (Å²) in [5.41, 5.74) is 1.50. The number of nitrogens with one attached hydrogen (secondary N) is 12. The van der Waals surface area contributed by atoms with Crippen LogP contribution in [0.25, 0.3) is 0 Å². The van der Waals surface area contributed by atoms with E-state index in [0.29, 0.717) is 0 Å². The number of Topliss-reactive ketones (excluding diaryl/α,β-unsaturated/α-hetero) is 3. The van der Waals surface area contributed by atoms with Crippen LogP contribution in [0.15, 0.2) is 0 Å². The molecule has 0 radical (unpaired) electrons. The lowest BCUT2D eigenvalue weighted by Crippen LogP contribution is -2.59. The van der Waals surface area contributed by atoms with Gasteiger partial charge in [-0.05, 0) is 181 Å². The normalized spacial score (nSPS) is 21.0. The van der Waals surface area contributed by atoms with Crippen molar-refractivity contribution in [3.05, 3.63) is 0 Å². The zero-order valence-corrected chi connectivity index (χ0v) is 66.7. The van der Waals surface area contributed by atoms with Gasteiger partial charge in [0.2, 0.25) is 41.4 Å². The molecule has 12 amide bonds. The Kier molecular flexibility index (Phi) is 40.4. The average molecular weight is 1530 g/mol. The van der Waals surface area contributed by atoms with E-state index in [9.17, 15) is 72.5 Å². The van der Waals surface area contributed by atoms with Crippen molar-refractivity contribution in [2.24, 2.45) is 35.3 Å². The number of amides is 12. The molecule has 0 bridgehead atoms. The minimum absolute atomic E-state index is 0.0609. The van der Waals surface area contributed by atoms with Crippen molar-refractivity contribution >= 4 is 89.2 Å². The number of nitrogens with two attached hydrogens (primary N) is 1. The molecule has 0 aromatic heterocycles. The molecule has 1 fully saturated rings. The van der Waals surface area contributed by atoms with Crippen molar-refractivity contribution < 1.29 is 106 Å². The van der Waals surface area contributed by atoms with E-state index in [1.807, 2.05) is 0 Å². The van der Waals surface area contributed by atoms with Crippen molar-refractivity contribution in [3.63, 3.8) is 0 Å². The summed E-state index contributed by atoms with van der Waals surface area (Å²) in [6, 6.07) is -10.9. The van der Waals surface area contributed by atoms with E-state index < -0.39 is 234 Å². The first kappa shape index (κ1) is 96.5. The minimum atomic E-state index is -1.83. The number of hydrogen-bond acceptors (Lipinski definition) is 23. The van der Waals surface area contributed by atoms with Gasteiger partial charge < -0.3 is 103 Å². The van der Waals surface area contributed by atoms with Crippen LogP contribution >= 0.6 is 0 Å². The summed E-state index contributed by atoms with van der Waals surface area (Å²) in [4.78, 5) is 211. The van der Waals surface area contributed by atoms with Gasteiger partial charge >= 0.3 is 30.5 Å². The third-order valence-electron chi connectivity index (χ3n) is 15.6. The van der Waals surface area contributed by atoms with Crippen LogP contribution in [0, 0.1) is 29.6 Å². The lowest BCUT2D eigenvalue weighted by Gasteiger charge is -2.29. The smallest absolute Gasteiger partial charge is 0.407 e. The Labute approximate surface area is 629 Å². The largest absolute Gasteiger partial charge is 0.444 e. The average Bonchev–Trinajstić information content (AvgIpc) is 1.17. The molecular formula is C72H127N13O22. The van der Waals surface area contributed by atoms with Crippen LogP contribution in [-0.2, 0) is 71.6 Å². The topological polar surface area (TPSA) is 513 Å². The van der Waals surface area contributed by atoms with Gasteiger partial charge in [-0.25, -0.2) is 24.0 Å². The summed E-state index contributed by atoms with van der Waals surface area (Å²) in [5.74, 6) is -14.8. The maximum atomic E-state index is 15.2. The number of carbonyl (C=O) groups is 15. The fraction of sp³-hybridized carbons (Fsp3) is 0.792. The van der Waals surface area contributed by atoms with Crippen LogP contribution in [0.4, 0.5) is 24.0 Å². The number of ketones is 3. The van der Waals surface area contributed by atoms with E-state index in [2.05, 4.69) is 63.8 Å². The Hall–Kier alpha value is -8.47. The summed E-state index contributed by atoms with van der Waals surface area (Å²) in [6.45, 7) is 31.6. The number of rotatable bonds is 29. The first-order valence-electron chi connectivity index (χ1n) is 36.7. The van der Waals surface area contributed by atoms with E-state index in [1.54, 1.807) is 132 Å². The van der Waals surface area contributed by atoms with Gasteiger partial charge in [-0.2, -0.15) is 0 Å². The molecule has 2 unspecified atom stereocenters. The molecule has 0 aliphatic carbocycles. The molecule has 107 heavy (non-hydrogen) atoms. The maximum absolute atomic E-state index is 15.2. The molecule has 1 aliphatic rings. The molecule has 1 aliphatic heterocycles. The first-order valence-corrected chi connectivity index (χ1v) is 36.7. The monoisotopic (exact) mass is 1530 g/mol. The second-order valence-corrected chi connectivity index (χ2v) is 32.8. The SMILES string of the molecule is CC(C)C[C@@H]1NC(=O)[C@@H](CC(C)C)NC(=O)[C@H](CCNC(=O)OC(C)(C)C)NC(=O)[C@@H](CC(=O)[C@H](CCNC(=O)OC(C)(C)C)NC(=O)[C@@H](CC(=O)[C@@H](N)CCNC(=O)OC(C)(C)C)C(C)O)CCNC(=O)[C@H](C(C)O)NC(=O)[C@H](CCNC(=O)OC(C)(C)C)CC(=O)[C@H](CCNC(=O)OC(C)(C)C)NC1=O. The Balaban J connectivity index is 4.40. The number of aliphatic hydroxyl groups excluding tert-OH is 2. The molecule has 0 saturated carbocycles. The minimum Gasteiger partial charge on any atom is -0.444 e. The van der Waals surface area contributed by atoms with Gasteiger partial charge in [-0.15, -0.1) is 0 Å². The van der Waals surface area contributed by atoms with E-state index in [1.165, 1.54) is 6.92 Å². The van der Waals surface area contributed by atoms with Crippen molar-refractivity contribution in [1.82, 2.24) is 63.8 Å². The molecule has 35 nitrogen and oxygen atoms in total. The van der Waals surface area contributed by atoms with Crippen molar-refractivity contribution in [3.8, 4) is 0 Å². The maximum Gasteiger partial charge on any atom is 0.407 e. The van der Waals surface area contributed by atoms with Gasteiger partial charge in [-0.1, -0.05) is 27.7 Å². The Morgan fingerprint density at radius 3 is 1.22 bits per heavy atom. The molecule has 1 heterocycles. The van der Waals surface area contributed by atoms with Crippen molar-refractivity contribution in [2.45, 2.75) is 299 Å². The fourth-order valence-corrected chi connectivity index (χ4v) is 10.5. The molecule has 16 N–H and O–H groups in total. The molecule has 1 saturated heterocycles. The van der Waals surface area contributed by atoms with Crippen LogP contribution in [0.1, 0.15) is 216 Å². The van der Waals surface area contributed by atoms with Crippen LogP contribution in [0.5, 0.6) is 0 Å². The zero-order chi connectivity index (χ0) is 82.3. The molecule has 0 spiro atoms. The van der Waals surface area contributed by atoms with Crippen LogP contribution in [-0.4, -0.2) is 221 Å². The van der Waals surface area contributed by atoms with Crippen LogP contribution in [0.2, 0.25) is 0 Å². The van der Waals surface area contributed by atoms with E-state index in [0.717, 1.165) is 6.92 Å². The molecular weight excluding hydrogens is 1400 g/mol. The highest BCUT2D eigenvalue weighted by Gasteiger charge is 2.39. The molecule has 35 heteroatoms. The predicted octanol–water partition coefficient (Wildman–Crippen LogP) is 2.90. The van der Waals surface area contributed by atoms with Gasteiger partial charge in [0, 0.05) is 70.4 Å². The standard InChI is InChI=1S/C72H127N13O22/c1-39(2)34-50-60(95)81-48(26-32-78-66(101)106-71(16,17)18)54(90)37-44(23-29-75-63(98)103-68(7,8)9)57(92)85-55(42(6)87)62(97)74-28-22-43(56(91)82-49(27-33-79-67(102)107-72(19,20)21)59(94)83-51(35-40(3)4)61(96)84-50)36-53(89)47(25-31-77-65(100)105-70(13,14)15)80-58(93)45(41(5)86)38-52(88)46(73)24-30-76-64(99)104-69(10,11)12/h39-51,55,86-87H,22-38,73H2,1-21H3,(H,74,97)(H,75,98)(H,76,99)(H,77,100)(H,78,101)(H,79,102)(H,80,93)(H,81,95)(H,82,91)(H,83,94)(H,84,96)(H,85,92)/t41?,42?,43-,44-,45+,46+,47+,48+,49+,50+,51-,55+/m1/s1. The zero-order valence-electron chi connectivity index (χ0n) is 66.7. The third-order valence-corrected chi connectivity index (χ3v) is 15.6. The number of ether oxygens (including phenoxy) is 5. The van der Waals surface area contributed by atoms with E-state index in [4.69, 9.17) is 29.4 Å². The number of hydrogen-bond donors (Lipinski definition) is 15. The lowest BCUT2D eigenvalue weighted by molar-refractivity contribution is -0.137. The highest BCUT2D eigenvalue weighted by Crippen LogP contribution is 2.21. The summed E-state index contributed by atoms with van der Waals surface area (Å²) in [6.07, 6.45) is -12.1. The predicted molar refractivity (Wildman–Crippen MR) is 393 cm³/mol. The fourth-order valence-electron chi connectivity index (χ4n) is 10.5. The number of aliphatic hydroxyl groups is 2. The second kappa shape index (κ2) is 44.7. The van der Waals surface area contributed by atoms with Crippen molar-refractivity contribution in [1.29, 1.82) is 0 Å². The van der Waals surface area contributed by atoms with Crippen molar-refractivity contribution in [2.75, 3.05) is 39.3 Å². The number of alkyl carbamates (subject to hydrolysis) is 5. The van der Waals surface area contributed by atoms with E-state index >= 15 is 9.59 Å². The second-order valence-electron chi connectivity index (χ2n) is 32.8. The highest BCUT2D eigenvalue weighted by atomic mass is 16.6. The lowest BCUT2D eigenvalue weighted by atomic mass is 9.90. The first-order chi connectivity index (χ1) is 49.0. The Morgan fingerprint density at radius 1 is 0.458 bits per heavy atom.